The number of aliphatic hydroxyl groups is 1. The molecule has 0 aliphatic carbocycles. The lowest BCUT2D eigenvalue weighted by molar-refractivity contribution is -0.138. The van der Waals surface area contributed by atoms with Crippen molar-refractivity contribution in [2.45, 2.75) is 18.9 Å². The van der Waals surface area contributed by atoms with Crippen LogP contribution in [0.15, 0.2) is 34.9 Å². The number of carboxylic acid groups (broad SMARTS) is 1. The lowest BCUT2D eigenvalue weighted by Gasteiger charge is -2.26. The first kappa shape index (κ1) is 18.8. The number of aliphatic hydroxyl groups excluding tert-OH is 1. The van der Waals surface area contributed by atoms with E-state index in [0.717, 1.165) is 6.26 Å². The Morgan fingerprint density at radius 1 is 1.28 bits per heavy atom. The molecule has 1 aromatic rings. The maximum absolute atomic E-state index is 12.3. The Kier molecular flexibility index (Phi) is 5.36. The van der Waals surface area contributed by atoms with E-state index in [4.69, 9.17) is 9.84 Å². The van der Waals surface area contributed by atoms with Crippen molar-refractivity contribution in [1.29, 1.82) is 0 Å². The molecule has 2 N–H and O–H groups in total. The number of aliphatic carboxylic acids is 1. The molecule has 9 heteroatoms. The lowest BCUT2D eigenvalue weighted by atomic mass is 10.1. The van der Waals surface area contributed by atoms with E-state index in [2.05, 4.69) is 0 Å². The van der Waals surface area contributed by atoms with Crippen LogP contribution in [0, 0.1) is 0 Å². The molecule has 0 saturated heterocycles. The van der Waals surface area contributed by atoms with Crippen molar-refractivity contribution in [2.75, 3.05) is 19.9 Å². The van der Waals surface area contributed by atoms with Gasteiger partial charge in [-0.25, -0.2) is 8.42 Å². The summed E-state index contributed by atoms with van der Waals surface area (Å²) in [5.74, 6) is -2.11. The zero-order valence-corrected chi connectivity index (χ0v) is 14.6. The minimum Gasteiger partial charge on any atom is -0.502 e. The number of nitrogens with zero attached hydrogens (tertiary/aromatic N) is 1. The number of rotatable bonds is 7. The molecule has 25 heavy (non-hydrogen) atoms. The second kappa shape index (κ2) is 7.14. The molecule has 8 nitrogen and oxygen atoms in total. The fourth-order valence-electron chi connectivity index (χ4n) is 2.76. The summed E-state index contributed by atoms with van der Waals surface area (Å²) in [5, 5.41) is 18.8. The molecule has 1 amide bonds. The van der Waals surface area contributed by atoms with Crippen LogP contribution in [0.1, 0.15) is 24.4 Å². The Morgan fingerprint density at radius 3 is 2.36 bits per heavy atom. The third kappa shape index (κ3) is 3.93. The summed E-state index contributed by atoms with van der Waals surface area (Å²) in [6.07, 6.45) is 0.884. The van der Waals surface area contributed by atoms with Gasteiger partial charge in [-0.3, -0.25) is 9.59 Å². The highest BCUT2D eigenvalue weighted by Gasteiger charge is 2.44. The van der Waals surface area contributed by atoms with Gasteiger partial charge in [0.05, 0.1) is 13.2 Å². The van der Waals surface area contributed by atoms with Gasteiger partial charge in [0, 0.05) is 19.2 Å². The molecule has 0 saturated carbocycles. The van der Waals surface area contributed by atoms with E-state index in [-0.39, 0.29) is 24.3 Å². The minimum absolute atomic E-state index is 0.00487. The molecule has 2 rings (SSSR count). The van der Waals surface area contributed by atoms with Gasteiger partial charge in [0.1, 0.15) is 10.7 Å². The fourth-order valence-corrected chi connectivity index (χ4v) is 3.86. The first-order chi connectivity index (χ1) is 11.7. The number of carbonyl (C=O) groups excluding carboxylic acids is 1. The third-order valence-electron chi connectivity index (χ3n) is 3.88. The van der Waals surface area contributed by atoms with Crippen molar-refractivity contribution in [1.82, 2.24) is 4.90 Å². The van der Waals surface area contributed by atoms with Crippen LogP contribution in [0.25, 0.3) is 0 Å². The number of carboxylic acids is 1. The Labute approximate surface area is 145 Å². The summed E-state index contributed by atoms with van der Waals surface area (Å²) in [7, 11) is -2.37. The number of hydrogen-bond acceptors (Lipinski definition) is 6. The Bertz CT molecular complexity index is 811. The number of carbonyl (C=O) groups is 2. The van der Waals surface area contributed by atoms with Crippen molar-refractivity contribution < 1.29 is 33.0 Å². The molecule has 1 atom stereocenters. The van der Waals surface area contributed by atoms with Gasteiger partial charge >= 0.3 is 5.97 Å². The summed E-state index contributed by atoms with van der Waals surface area (Å²) in [4.78, 5) is 23.8. The molecule has 1 aliphatic rings. The molecule has 1 aliphatic heterocycles. The highest BCUT2D eigenvalue weighted by atomic mass is 32.2. The van der Waals surface area contributed by atoms with Crippen LogP contribution in [-0.4, -0.2) is 55.3 Å². The van der Waals surface area contributed by atoms with Crippen molar-refractivity contribution in [3.8, 4) is 5.75 Å². The predicted molar refractivity (Wildman–Crippen MR) is 88.8 cm³/mol. The summed E-state index contributed by atoms with van der Waals surface area (Å²) in [5.41, 5.74) is 0.481. The van der Waals surface area contributed by atoms with Crippen molar-refractivity contribution in [3.63, 3.8) is 0 Å². The lowest BCUT2D eigenvalue weighted by Crippen LogP contribution is -2.32. The predicted octanol–water partition coefficient (Wildman–Crippen LogP) is 1.26. The highest BCUT2D eigenvalue weighted by molar-refractivity contribution is 7.94. The molecule has 0 bridgehead atoms. The van der Waals surface area contributed by atoms with Crippen LogP contribution in [0.2, 0.25) is 0 Å². The average Bonchev–Trinajstić information content (AvgIpc) is 2.79. The van der Waals surface area contributed by atoms with Crippen molar-refractivity contribution >= 4 is 21.7 Å². The zero-order valence-electron chi connectivity index (χ0n) is 13.8. The van der Waals surface area contributed by atoms with Crippen LogP contribution in [0.3, 0.4) is 0 Å². The van der Waals surface area contributed by atoms with Gasteiger partial charge in [-0.1, -0.05) is 12.1 Å². The minimum atomic E-state index is -3.85. The molecule has 1 aromatic carbocycles. The van der Waals surface area contributed by atoms with Gasteiger partial charge in [0.25, 0.3) is 5.91 Å². The largest absolute Gasteiger partial charge is 0.502 e. The quantitative estimate of drug-likeness (QED) is 0.742. The van der Waals surface area contributed by atoms with Crippen molar-refractivity contribution in [3.05, 3.63) is 40.5 Å². The van der Waals surface area contributed by atoms with Crippen LogP contribution in [-0.2, 0) is 19.4 Å². The maximum atomic E-state index is 12.3. The van der Waals surface area contributed by atoms with Crippen LogP contribution >= 0.6 is 0 Å². The molecule has 136 valence electrons. The Morgan fingerprint density at radius 2 is 1.88 bits per heavy atom. The zero-order chi connectivity index (χ0) is 18.8. The summed E-state index contributed by atoms with van der Waals surface area (Å²) < 4.78 is 29.3. The van der Waals surface area contributed by atoms with Gasteiger partial charge in [-0.15, -0.1) is 0 Å². The normalized spacial score (nSPS) is 17.9. The standard InChI is InChI=1S/C16H19NO7S/c1-24-11-7-5-10(6-8-11)13-15(25(2,22)23)14(20)16(21)17(13)9-3-4-12(18)19/h5-8,13,20H,3-4,9H2,1-2H3,(H,18,19)/t13-/m0/s1. The van der Waals surface area contributed by atoms with Crippen molar-refractivity contribution in [2.24, 2.45) is 0 Å². The SMILES string of the molecule is COc1ccc([C@H]2C(S(C)(=O)=O)=C(O)C(=O)N2CCCC(=O)O)cc1. The molecule has 0 spiro atoms. The second-order valence-electron chi connectivity index (χ2n) is 5.66. The maximum Gasteiger partial charge on any atom is 0.303 e. The number of ether oxygens (including phenoxy) is 1. The van der Waals surface area contributed by atoms with Gasteiger partial charge < -0.3 is 19.8 Å². The molecule has 0 unspecified atom stereocenters. The van der Waals surface area contributed by atoms with E-state index in [0.29, 0.717) is 11.3 Å². The van der Waals surface area contributed by atoms with Gasteiger partial charge in [0.15, 0.2) is 15.6 Å². The van der Waals surface area contributed by atoms with E-state index in [1.807, 2.05) is 0 Å². The monoisotopic (exact) mass is 369 g/mol. The topological polar surface area (TPSA) is 121 Å². The molecular weight excluding hydrogens is 350 g/mol. The van der Waals surface area contributed by atoms with Crippen LogP contribution < -0.4 is 4.74 Å². The summed E-state index contributed by atoms with van der Waals surface area (Å²) >= 11 is 0. The van der Waals surface area contributed by atoms with E-state index < -0.39 is 33.5 Å². The van der Waals surface area contributed by atoms with E-state index >= 15 is 0 Å². The number of sulfone groups is 1. The first-order valence-electron chi connectivity index (χ1n) is 7.46. The molecule has 0 fully saturated rings. The summed E-state index contributed by atoms with van der Waals surface area (Å²) in [6, 6.07) is 5.44. The van der Waals surface area contributed by atoms with E-state index in [1.165, 1.54) is 12.0 Å². The Hall–Kier alpha value is -2.55. The summed E-state index contributed by atoms with van der Waals surface area (Å²) in [6.45, 7) is 0.00487. The highest BCUT2D eigenvalue weighted by Crippen LogP contribution is 2.40. The number of hydrogen-bond donors (Lipinski definition) is 2. The van der Waals surface area contributed by atoms with Gasteiger partial charge in [-0.05, 0) is 24.1 Å². The van der Waals surface area contributed by atoms with Crippen LogP contribution in [0.5, 0.6) is 5.75 Å². The Balaban J connectivity index is 2.44. The third-order valence-corrected chi connectivity index (χ3v) is 5.09. The number of methoxy groups -OCH3 is 1. The van der Waals surface area contributed by atoms with Gasteiger partial charge in [-0.2, -0.15) is 0 Å². The number of benzene rings is 1. The number of amides is 1. The van der Waals surface area contributed by atoms with E-state index in [9.17, 15) is 23.1 Å². The average molecular weight is 369 g/mol. The smallest absolute Gasteiger partial charge is 0.303 e. The van der Waals surface area contributed by atoms with Gasteiger partial charge in [0.2, 0.25) is 0 Å². The molecule has 0 aromatic heterocycles. The fraction of sp³-hybridized carbons (Fsp3) is 0.375. The second-order valence-corrected chi connectivity index (χ2v) is 7.64. The van der Waals surface area contributed by atoms with Crippen LogP contribution in [0.4, 0.5) is 0 Å². The first-order valence-corrected chi connectivity index (χ1v) is 9.36. The van der Waals surface area contributed by atoms with E-state index in [1.54, 1.807) is 24.3 Å². The molecule has 0 radical (unpaired) electrons. The molecule has 1 heterocycles. The molecular formula is C16H19NO7S.